The van der Waals surface area contributed by atoms with Gasteiger partial charge in [0.25, 0.3) is 5.91 Å². The summed E-state index contributed by atoms with van der Waals surface area (Å²) in [6.45, 7) is 6.84. The van der Waals surface area contributed by atoms with Crippen molar-refractivity contribution in [1.82, 2.24) is 5.48 Å². The smallest absolute Gasteiger partial charge is 0.253 e. The lowest BCUT2D eigenvalue weighted by molar-refractivity contribution is -0.139. The molecule has 24 heavy (non-hydrogen) atoms. The van der Waals surface area contributed by atoms with Gasteiger partial charge in [0.05, 0.1) is 18.6 Å². The molecule has 0 spiro atoms. The minimum atomic E-state index is -0.654. The number of rotatable bonds is 8. The van der Waals surface area contributed by atoms with Gasteiger partial charge in [0.1, 0.15) is 5.75 Å². The first-order valence-electron chi connectivity index (χ1n) is 8.23. The molecule has 2 rings (SSSR count). The molecule has 0 aliphatic heterocycles. The number of benzene rings is 2. The molecule has 0 aromatic heterocycles. The number of hydroxylamine groups is 1. The van der Waals surface area contributed by atoms with Crippen LogP contribution >= 0.6 is 0 Å². The number of ether oxygens (including phenoxy) is 1. The van der Waals surface area contributed by atoms with Crippen molar-refractivity contribution in [2.75, 3.05) is 6.61 Å². The Morgan fingerprint density at radius 1 is 1.04 bits per heavy atom. The number of hydrogen-bond donors (Lipinski definition) is 1. The second-order valence-corrected chi connectivity index (χ2v) is 6.20. The van der Waals surface area contributed by atoms with Gasteiger partial charge in [0.2, 0.25) is 0 Å². The number of amides is 1. The summed E-state index contributed by atoms with van der Waals surface area (Å²) < 4.78 is 5.54. The number of carbonyl (C=O) groups excluding carboxylic acids is 1. The van der Waals surface area contributed by atoms with Crippen LogP contribution in [0.3, 0.4) is 0 Å². The van der Waals surface area contributed by atoms with Crippen LogP contribution in [0, 0.1) is 0 Å². The third kappa shape index (κ3) is 4.83. The molecule has 0 saturated carbocycles. The quantitative estimate of drug-likeness (QED) is 0.746. The second kappa shape index (κ2) is 8.50. The van der Waals surface area contributed by atoms with E-state index in [4.69, 9.17) is 9.57 Å². The van der Waals surface area contributed by atoms with E-state index in [9.17, 15) is 4.79 Å². The Kier molecular flexibility index (Phi) is 6.38. The lowest BCUT2D eigenvalue weighted by Gasteiger charge is -2.23. The minimum Gasteiger partial charge on any atom is -0.494 e. The zero-order chi connectivity index (χ0) is 17.4. The fraction of sp³-hybridized carbons (Fsp3) is 0.350. The molecule has 0 unspecified atom stereocenters. The van der Waals surface area contributed by atoms with Gasteiger partial charge in [-0.05, 0) is 43.5 Å². The standard InChI is InChI=1S/C20H25NO3/c1-4-14-23-18-12-10-16(11-13-18)15-24-21-19(22)20(2,3)17-8-6-5-7-9-17/h5-13H,4,14-15H2,1-3H3,(H,21,22). The van der Waals surface area contributed by atoms with E-state index in [0.717, 1.165) is 23.3 Å². The van der Waals surface area contributed by atoms with Crippen molar-refractivity contribution in [2.45, 2.75) is 39.2 Å². The highest BCUT2D eigenvalue weighted by molar-refractivity contribution is 5.86. The average molecular weight is 327 g/mol. The van der Waals surface area contributed by atoms with Gasteiger partial charge >= 0.3 is 0 Å². The second-order valence-electron chi connectivity index (χ2n) is 6.20. The number of hydrogen-bond acceptors (Lipinski definition) is 3. The van der Waals surface area contributed by atoms with E-state index in [1.807, 2.05) is 68.4 Å². The van der Waals surface area contributed by atoms with Crippen molar-refractivity contribution in [3.05, 3.63) is 65.7 Å². The lowest BCUT2D eigenvalue weighted by atomic mass is 9.84. The van der Waals surface area contributed by atoms with Gasteiger partial charge in [-0.2, -0.15) is 0 Å². The maximum absolute atomic E-state index is 12.4. The molecule has 2 aromatic rings. The van der Waals surface area contributed by atoms with Gasteiger partial charge in [-0.1, -0.05) is 49.4 Å². The van der Waals surface area contributed by atoms with E-state index in [1.165, 1.54) is 0 Å². The zero-order valence-electron chi connectivity index (χ0n) is 14.5. The predicted molar refractivity (Wildman–Crippen MR) is 94.6 cm³/mol. The van der Waals surface area contributed by atoms with Gasteiger partial charge in [0.15, 0.2) is 0 Å². The Hall–Kier alpha value is -2.33. The summed E-state index contributed by atoms with van der Waals surface area (Å²) in [7, 11) is 0. The fourth-order valence-corrected chi connectivity index (χ4v) is 2.20. The Bertz CT molecular complexity index is 636. The van der Waals surface area contributed by atoms with E-state index in [0.29, 0.717) is 13.2 Å². The molecule has 0 radical (unpaired) electrons. The van der Waals surface area contributed by atoms with Crippen molar-refractivity contribution in [2.24, 2.45) is 0 Å². The van der Waals surface area contributed by atoms with Gasteiger partial charge < -0.3 is 4.74 Å². The van der Waals surface area contributed by atoms with Crippen molar-refractivity contribution < 1.29 is 14.4 Å². The van der Waals surface area contributed by atoms with E-state index in [-0.39, 0.29) is 5.91 Å². The Labute approximate surface area is 143 Å². The van der Waals surface area contributed by atoms with Crippen molar-refractivity contribution >= 4 is 5.91 Å². The summed E-state index contributed by atoms with van der Waals surface area (Å²) in [5, 5.41) is 0. The van der Waals surface area contributed by atoms with Crippen LogP contribution in [0.15, 0.2) is 54.6 Å². The average Bonchev–Trinajstić information content (AvgIpc) is 2.61. The SMILES string of the molecule is CCCOc1ccc(CONC(=O)C(C)(C)c2ccccc2)cc1. The summed E-state index contributed by atoms with van der Waals surface area (Å²) >= 11 is 0. The Balaban J connectivity index is 1.84. The zero-order valence-corrected chi connectivity index (χ0v) is 14.5. The van der Waals surface area contributed by atoms with Gasteiger partial charge in [-0.25, -0.2) is 5.48 Å². The van der Waals surface area contributed by atoms with Crippen molar-refractivity contribution in [3.63, 3.8) is 0 Å². The van der Waals surface area contributed by atoms with Crippen LogP contribution in [0.5, 0.6) is 5.75 Å². The maximum Gasteiger partial charge on any atom is 0.253 e. The first kappa shape index (κ1) is 18.0. The molecule has 1 amide bonds. The van der Waals surface area contributed by atoms with Crippen LogP contribution in [0.2, 0.25) is 0 Å². The maximum atomic E-state index is 12.4. The molecule has 4 nitrogen and oxygen atoms in total. The third-order valence-corrected chi connectivity index (χ3v) is 3.86. The van der Waals surface area contributed by atoms with Crippen LogP contribution in [-0.4, -0.2) is 12.5 Å². The van der Waals surface area contributed by atoms with Gasteiger partial charge in [-0.15, -0.1) is 0 Å². The molecular weight excluding hydrogens is 302 g/mol. The Morgan fingerprint density at radius 3 is 2.33 bits per heavy atom. The van der Waals surface area contributed by atoms with Crippen LogP contribution < -0.4 is 10.2 Å². The molecule has 0 heterocycles. The normalized spacial score (nSPS) is 11.1. The van der Waals surface area contributed by atoms with Gasteiger partial charge in [-0.3, -0.25) is 9.63 Å². The minimum absolute atomic E-state index is 0.170. The molecule has 0 aliphatic rings. The van der Waals surface area contributed by atoms with E-state index in [1.54, 1.807) is 0 Å². The summed E-state index contributed by atoms with van der Waals surface area (Å²) in [5.74, 6) is 0.673. The van der Waals surface area contributed by atoms with Gasteiger partial charge in [0, 0.05) is 0 Å². The van der Waals surface area contributed by atoms with E-state index >= 15 is 0 Å². The summed E-state index contributed by atoms with van der Waals surface area (Å²) in [6, 6.07) is 17.3. The molecule has 1 N–H and O–H groups in total. The number of nitrogens with one attached hydrogen (secondary N) is 1. The first-order valence-corrected chi connectivity index (χ1v) is 8.23. The molecule has 0 saturated heterocycles. The van der Waals surface area contributed by atoms with Crippen LogP contribution in [0.25, 0.3) is 0 Å². The molecule has 128 valence electrons. The molecule has 2 aromatic carbocycles. The van der Waals surface area contributed by atoms with E-state index < -0.39 is 5.41 Å². The van der Waals surface area contributed by atoms with E-state index in [2.05, 4.69) is 12.4 Å². The largest absolute Gasteiger partial charge is 0.494 e. The molecular formula is C20H25NO3. The lowest BCUT2D eigenvalue weighted by Crippen LogP contribution is -2.39. The number of carbonyl (C=O) groups is 1. The van der Waals surface area contributed by atoms with Crippen LogP contribution in [0.1, 0.15) is 38.3 Å². The van der Waals surface area contributed by atoms with Crippen LogP contribution in [-0.2, 0) is 21.7 Å². The molecule has 0 bridgehead atoms. The highest BCUT2D eigenvalue weighted by Gasteiger charge is 2.29. The Morgan fingerprint density at radius 2 is 1.71 bits per heavy atom. The van der Waals surface area contributed by atoms with Crippen molar-refractivity contribution in [3.8, 4) is 5.75 Å². The van der Waals surface area contributed by atoms with Crippen LogP contribution in [0.4, 0.5) is 0 Å². The monoisotopic (exact) mass is 327 g/mol. The first-order chi connectivity index (χ1) is 11.5. The molecule has 0 aliphatic carbocycles. The molecule has 0 fully saturated rings. The van der Waals surface area contributed by atoms with Crippen molar-refractivity contribution in [1.29, 1.82) is 0 Å². The summed E-state index contributed by atoms with van der Waals surface area (Å²) in [4.78, 5) is 17.7. The third-order valence-electron chi connectivity index (χ3n) is 3.86. The molecule has 4 heteroatoms. The molecule has 0 atom stereocenters. The predicted octanol–water partition coefficient (Wildman–Crippen LogP) is 4.00. The summed E-state index contributed by atoms with van der Waals surface area (Å²) in [5.41, 5.74) is 3.81. The topological polar surface area (TPSA) is 47.6 Å². The fourth-order valence-electron chi connectivity index (χ4n) is 2.20. The summed E-state index contributed by atoms with van der Waals surface area (Å²) in [6.07, 6.45) is 0.980. The highest BCUT2D eigenvalue weighted by atomic mass is 16.6. The highest BCUT2D eigenvalue weighted by Crippen LogP contribution is 2.23.